The minimum absolute atomic E-state index is 0.0105. The maximum absolute atomic E-state index is 12.2. The number of carboxylic acid groups (broad SMARTS) is 1. The van der Waals surface area contributed by atoms with Gasteiger partial charge in [-0.05, 0) is 45.6 Å². The molecule has 0 aliphatic heterocycles. The Morgan fingerprint density at radius 1 is 1.27 bits per heavy atom. The number of amides is 2. The molecule has 8 nitrogen and oxygen atoms in total. The van der Waals surface area contributed by atoms with Gasteiger partial charge >= 0.3 is 6.09 Å². The van der Waals surface area contributed by atoms with Crippen molar-refractivity contribution < 1.29 is 14.7 Å². The Morgan fingerprint density at radius 2 is 1.86 bits per heavy atom. The van der Waals surface area contributed by atoms with Crippen LogP contribution in [0.2, 0.25) is 0 Å². The Kier molecular flexibility index (Phi) is 5.65. The molecule has 2 amide bonds. The van der Waals surface area contributed by atoms with Crippen LogP contribution in [0.1, 0.15) is 40.0 Å². The van der Waals surface area contributed by atoms with E-state index in [9.17, 15) is 14.7 Å². The summed E-state index contributed by atoms with van der Waals surface area (Å²) in [6.45, 7) is 5.39. The molecule has 8 heteroatoms. The lowest BCUT2D eigenvalue weighted by Crippen LogP contribution is -2.57. The van der Waals surface area contributed by atoms with Crippen molar-refractivity contribution in [2.45, 2.75) is 57.7 Å². The summed E-state index contributed by atoms with van der Waals surface area (Å²) in [6, 6.07) is -0.928. The maximum Gasteiger partial charge on any atom is 0.407 e. The van der Waals surface area contributed by atoms with Crippen molar-refractivity contribution in [3.8, 4) is 0 Å². The quantitative estimate of drug-likeness (QED) is 0.491. The summed E-state index contributed by atoms with van der Waals surface area (Å²) in [5.74, 6) is -0.252. The lowest BCUT2D eigenvalue weighted by Gasteiger charge is -2.45. The molecule has 22 heavy (non-hydrogen) atoms. The van der Waals surface area contributed by atoms with Gasteiger partial charge < -0.3 is 14.9 Å². The van der Waals surface area contributed by atoms with Crippen molar-refractivity contribution >= 4 is 12.0 Å². The third-order valence-corrected chi connectivity index (χ3v) is 4.03. The second kappa shape index (κ2) is 6.87. The molecule has 1 aliphatic carbocycles. The van der Waals surface area contributed by atoms with Gasteiger partial charge in [-0.1, -0.05) is 5.11 Å². The van der Waals surface area contributed by atoms with Crippen LogP contribution in [0.4, 0.5) is 4.79 Å². The van der Waals surface area contributed by atoms with Crippen molar-refractivity contribution in [2.24, 2.45) is 11.0 Å². The van der Waals surface area contributed by atoms with E-state index in [0.29, 0.717) is 19.3 Å². The number of hydrogen-bond donors (Lipinski definition) is 1. The van der Waals surface area contributed by atoms with Gasteiger partial charge in [-0.3, -0.25) is 4.79 Å². The highest BCUT2D eigenvalue weighted by atomic mass is 16.4. The predicted molar refractivity (Wildman–Crippen MR) is 82.4 cm³/mol. The average Bonchev–Trinajstić information content (AvgIpc) is 2.37. The highest BCUT2D eigenvalue weighted by Gasteiger charge is 2.42. The Bertz CT molecular complexity index is 479. The van der Waals surface area contributed by atoms with Crippen LogP contribution in [0, 0.1) is 5.92 Å². The zero-order valence-corrected chi connectivity index (χ0v) is 13.9. The molecule has 1 saturated carbocycles. The Balaban J connectivity index is 3.13. The van der Waals surface area contributed by atoms with Gasteiger partial charge in [0.2, 0.25) is 5.91 Å². The van der Waals surface area contributed by atoms with Gasteiger partial charge in [-0.15, -0.1) is 0 Å². The van der Waals surface area contributed by atoms with Crippen molar-refractivity contribution in [3.05, 3.63) is 10.4 Å². The molecule has 0 heterocycles. The van der Waals surface area contributed by atoms with Crippen LogP contribution >= 0.6 is 0 Å². The first-order chi connectivity index (χ1) is 10.1. The molecule has 0 bridgehead atoms. The SMILES string of the molecule is CN(C)C(=O)[C@H]1CC[C@H](N=[N+]=[N-])[C@H](N(C(=O)O)C(C)(C)C)C1. The zero-order chi connectivity index (χ0) is 17.1. The zero-order valence-electron chi connectivity index (χ0n) is 13.9. The second-order valence-electron chi connectivity index (χ2n) is 6.91. The molecule has 1 rings (SSSR count). The third-order valence-electron chi connectivity index (χ3n) is 4.03. The topological polar surface area (TPSA) is 110 Å². The van der Waals surface area contributed by atoms with Crippen LogP contribution in [-0.4, -0.2) is 58.6 Å². The Hall–Kier alpha value is -1.95. The van der Waals surface area contributed by atoms with Crippen LogP contribution in [0.25, 0.3) is 10.4 Å². The van der Waals surface area contributed by atoms with Crippen molar-refractivity contribution in [1.29, 1.82) is 0 Å². The molecule has 3 atom stereocenters. The van der Waals surface area contributed by atoms with Gasteiger partial charge in [0, 0.05) is 36.5 Å². The molecular weight excluding hydrogens is 286 g/mol. The van der Waals surface area contributed by atoms with Gasteiger partial charge in [-0.2, -0.15) is 0 Å². The normalized spacial score (nSPS) is 25.0. The predicted octanol–water partition coefficient (Wildman–Crippen LogP) is 2.70. The summed E-state index contributed by atoms with van der Waals surface area (Å²) >= 11 is 0. The van der Waals surface area contributed by atoms with Crippen molar-refractivity contribution in [1.82, 2.24) is 9.80 Å². The molecule has 1 N–H and O–H groups in total. The minimum Gasteiger partial charge on any atom is -0.465 e. The molecule has 0 aromatic carbocycles. The summed E-state index contributed by atoms with van der Waals surface area (Å²) < 4.78 is 0. The molecule has 124 valence electrons. The summed E-state index contributed by atoms with van der Waals surface area (Å²) in [4.78, 5) is 29.6. The van der Waals surface area contributed by atoms with Gasteiger partial charge in [0.25, 0.3) is 0 Å². The molecule has 0 radical (unpaired) electrons. The fourth-order valence-electron chi connectivity index (χ4n) is 3.12. The molecule has 0 aromatic heterocycles. The molecule has 0 unspecified atom stereocenters. The summed E-state index contributed by atoms with van der Waals surface area (Å²) in [5.41, 5.74) is 8.10. The van der Waals surface area contributed by atoms with Gasteiger partial charge in [-0.25, -0.2) is 4.79 Å². The first-order valence-corrected chi connectivity index (χ1v) is 7.37. The van der Waals surface area contributed by atoms with Gasteiger partial charge in [0.15, 0.2) is 0 Å². The van der Waals surface area contributed by atoms with Crippen LogP contribution in [-0.2, 0) is 4.79 Å². The van der Waals surface area contributed by atoms with E-state index in [4.69, 9.17) is 5.53 Å². The largest absolute Gasteiger partial charge is 0.465 e. The molecule has 1 fully saturated rings. The first kappa shape index (κ1) is 18.1. The summed E-state index contributed by atoms with van der Waals surface area (Å²) in [5, 5.41) is 13.3. The smallest absolute Gasteiger partial charge is 0.407 e. The van der Waals surface area contributed by atoms with Crippen LogP contribution in [0.3, 0.4) is 0 Å². The lowest BCUT2D eigenvalue weighted by atomic mass is 9.80. The van der Waals surface area contributed by atoms with E-state index in [1.165, 1.54) is 9.80 Å². The van der Waals surface area contributed by atoms with Crippen molar-refractivity contribution in [3.63, 3.8) is 0 Å². The van der Waals surface area contributed by atoms with E-state index < -0.39 is 23.7 Å². The number of hydrogen-bond acceptors (Lipinski definition) is 3. The first-order valence-electron chi connectivity index (χ1n) is 7.37. The number of carbonyl (C=O) groups is 2. The van der Waals surface area contributed by atoms with Gasteiger partial charge in [0.1, 0.15) is 0 Å². The van der Waals surface area contributed by atoms with Crippen LogP contribution in [0.5, 0.6) is 0 Å². The van der Waals surface area contributed by atoms with E-state index in [1.807, 2.05) is 0 Å². The number of carbonyl (C=O) groups excluding carboxylic acids is 1. The highest BCUT2D eigenvalue weighted by Crippen LogP contribution is 2.34. The fourth-order valence-corrected chi connectivity index (χ4v) is 3.12. The minimum atomic E-state index is -1.06. The number of nitrogens with zero attached hydrogens (tertiary/aromatic N) is 5. The summed E-state index contributed by atoms with van der Waals surface area (Å²) in [6.07, 6.45) is 0.436. The standard InChI is InChI=1S/C14H25N5O3/c1-14(2,3)19(13(21)22)11-8-9(12(20)18(4)5)6-7-10(11)16-17-15/h9-11H,6-8H2,1-5H3,(H,21,22)/t9-,10-,11+/m0/s1. The molecule has 0 aromatic rings. The third kappa shape index (κ3) is 4.04. The van der Waals surface area contributed by atoms with Crippen LogP contribution in [0.15, 0.2) is 5.11 Å². The van der Waals surface area contributed by atoms with E-state index in [0.717, 1.165) is 0 Å². The van der Waals surface area contributed by atoms with Crippen LogP contribution < -0.4 is 0 Å². The fraction of sp³-hybridized carbons (Fsp3) is 0.857. The number of rotatable bonds is 3. The Labute approximate surface area is 130 Å². The van der Waals surface area contributed by atoms with E-state index in [1.54, 1.807) is 34.9 Å². The monoisotopic (exact) mass is 311 g/mol. The Morgan fingerprint density at radius 3 is 2.27 bits per heavy atom. The molecule has 0 saturated heterocycles. The van der Waals surface area contributed by atoms with Gasteiger partial charge in [0.05, 0.1) is 6.04 Å². The highest BCUT2D eigenvalue weighted by molar-refractivity contribution is 5.78. The lowest BCUT2D eigenvalue weighted by molar-refractivity contribution is -0.135. The van der Waals surface area contributed by atoms with Crippen molar-refractivity contribution in [2.75, 3.05) is 14.1 Å². The number of azide groups is 1. The van der Waals surface area contributed by atoms with E-state index >= 15 is 0 Å². The summed E-state index contributed by atoms with van der Waals surface area (Å²) in [7, 11) is 3.38. The molecular formula is C14H25N5O3. The maximum atomic E-state index is 12.2. The second-order valence-corrected chi connectivity index (χ2v) is 6.91. The average molecular weight is 311 g/mol. The van der Waals surface area contributed by atoms with E-state index in [2.05, 4.69) is 10.0 Å². The molecule has 0 spiro atoms. The van der Waals surface area contributed by atoms with E-state index in [-0.39, 0.29) is 11.8 Å². The molecule has 1 aliphatic rings.